The van der Waals surface area contributed by atoms with Crippen molar-refractivity contribution in [1.29, 1.82) is 0 Å². The van der Waals surface area contributed by atoms with Gasteiger partial charge in [0.25, 0.3) is 0 Å². The summed E-state index contributed by atoms with van der Waals surface area (Å²) in [6.07, 6.45) is 6.88. The van der Waals surface area contributed by atoms with E-state index in [9.17, 15) is 4.79 Å². The molecular weight excluding hydrogens is 176 g/mol. The van der Waals surface area contributed by atoms with Crippen LogP contribution in [0.15, 0.2) is 36.8 Å². The number of hydrogen-bond acceptors (Lipinski definition) is 2. The molecule has 0 bridgehead atoms. The third-order valence-corrected chi connectivity index (χ3v) is 2.05. The van der Waals surface area contributed by atoms with Gasteiger partial charge < -0.3 is 4.98 Å². The van der Waals surface area contributed by atoms with Gasteiger partial charge in [-0.15, -0.1) is 0 Å². The minimum absolute atomic E-state index is 0.689. The average Bonchev–Trinajstić information content (AvgIpc) is 2.67. The van der Waals surface area contributed by atoms with Crippen LogP contribution in [0, 0.1) is 0 Å². The highest BCUT2D eigenvalue weighted by atomic mass is 16.1. The predicted molar refractivity (Wildman–Crippen MR) is 53.2 cm³/mol. The van der Waals surface area contributed by atoms with Crippen molar-refractivity contribution in [1.82, 2.24) is 9.97 Å². The smallest absolute Gasteiger partial charge is 0.151 e. The molecule has 0 aliphatic heterocycles. The number of aromatic nitrogens is 2. The van der Waals surface area contributed by atoms with Gasteiger partial charge in [-0.1, -0.05) is 0 Å². The van der Waals surface area contributed by atoms with Crippen LogP contribution < -0.4 is 0 Å². The normalized spacial score (nSPS) is 10.0. The van der Waals surface area contributed by atoms with Crippen LogP contribution in [0.1, 0.15) is 21.6 Å². The van der Waals surface area contributed by atoms with Crippen molar-refractivity contribution in [3.8, 4) is 0 Å². The Balaban J connectivity index is 2.15. The lowest BCUT2D eigenvalue weighted by molar-refractivity contribution is 0.112. The van der Waals surface area contributed by atoms with Gasteiger partial charge in [-0.2, -0.15) is 0 Å². The number of carbonyl (C=O) groups excluding carboxylic acids is 1. The quantitative estimate of drug-likeness (QED) is 0.743. The average molecular weight is 186 g/mol. The number of nitrogens with one attached hydrogen (secondary N) is 1. The molecule has 2 aromatic heterocycles. The molecule has 3 nitrogen and oxygen atoms in total. The fourth-order valence-corrected chi connectivity index (χ4v) is 1.35. The maximum atomic E-state index is 10.4. The second-order valence-corrected chi connectivity index (χ2v) is 3.11. The van der Waals surface area contributed by atoms with Crippen LogP contribution in [0.4, 0.5) is 0 Å². The molecule has 2 rings (SSSR count). The minimum Gasteiger partial charge on any atom is -0.364 e. The second kappa shape index (κ2) is 3.87. The van der Waals surface area contributed by atoms with Crippen LogP contribution >= 0.6 is 0 Å². The summed E-state index contributed by atoms with van der Waals surface area (Å²) in [6.45, 7) is 0. The molecule has 2 heterocycles. The van der Waals surface area contributed by atoms with E-state index in [1.165, 1.54) is 5.56 Å². The summed E-state index contributed by atoms with van der Waals surface area (Å²) in [5.41, 5.74) is 2.91. The molecule has 0 fully saturated rings. The number of H-pyrrole nitrogens is 1. The molecule has 0 saturated carbocycles. The van der Waals surface area contributed by atoms with Crippen LogP contribution in [0.25, 0.3) is 0 Å². The second-order valence-electron chi connectivity index (χ2n) is 3.11. The van der Waals surface area contributed by atoms with Crippen molar-refractivity contribution in [3.05, 3.63) is 53.6 Å². The van der Waals surface area contributed by atoms with E-state index in [1.807, 2.05) is 18.2 Å². The fourth-order valence-electron chi connectivity index (χ4n) is 1.35. The molecule has 70 valence electrons. The van der Waals surface area contributed by atoms with Gasteiger partial charge in [-0.25, -0.2) is 0 Å². The Labute approximate surface area is 81.8 Å². The summed E-state index contributed by atoms with van der Waals surface area (Å²) in [5, 5.41) is 0. The molecule has 0 aromatic carbocycles. The van der Waals surface area contributed by atoms with Crippen LogP contribution in [-0.4, -0.2) is 16.3 Å². The molecule has 0 unspecified atom stereocenters. The number of aromatic amines is 1. The van der Waals surface area contributed by atoms with Gasteiger partial charge in [-0.3, -0.25) is 9.78 Å². The molecule has 0 radical (unpaired) electrons. The molecule has 0 saturated heterocycles. The highest BCUT2D eigenvalue weighted by Gasteiger charge is 1.98. The van der Waals surface area contributed by atoms with E-state index in [0.29, 0.717) is 5.56 Å². The standard InChI is InChI=1S/C11H10N2O/c14-8-10-6-11(13-7-10)5-9-1-3-12-4-2-9/h1-4,6-8,13H,5H2. The summed E-state index contributed by atoms with van der Waals surface area (Å²) in [6, 6.07) is 5.77. The molecule has 0 aliphatic carbocycles. The van der Waals surface area contributed by atoms with Gasteiger partial charge in [0.05, 0.1) is 0 Å². The third kappa shape index (κ3) is 1.88. The molecular formula is C11H10N2O. The number of pyridine rings is 1. The van der Waals surface area contributed by atoms with Crippen molar-refractivity contribution in [2.75, 3.05) is 0 Å². The Bertz CT molecular complexity index is 420. The first-order valence-corrected chi connectivity index (χ1v) is 4.40. The Kier molecular flexibility index (Phi) is 2.40. The zero-order valence-corrected chi connectivity index (χ0v) is 7.60. The van der Waals surface area contributed by atoms with Crippen molar-refractivity contribution < 1.29 is 4.79 Å². The van der Waals surface area contributed by atoms with Crippen LogP contribution in [-0.2, 0) is 6.42 Å². The topological polar surface area (TPSA) is 45.8 Å². The maximum Gasteiger partial charge on any atom is 0.151 e. The number of aldehydes is 1. The first-order valence-electron chi connectivity index (χ1n) is 4.40. The summed E-state index contributed by atoms with van der Waals surface area (Å²) >= 11 is 0. The van der Waals surface area contributed by atoms with Gasteiger partial charge >= 0.3 is 0 Å². The molecule has 0 atom stereocenters. The van der Waals surface area contributed by atoms with Gasteiger partial charge in [-0.05, 0) is 23.8 Å². The first kappa shape index (κ1) is 8.69. The van der Waals surface area contributed by atoms with Crippen molar-refractivity contribution >= 4 is 6.29 Å². The van der Waals surface area contributed by atoms with Gasteiger partial charge in [0.2, 0.25) is 0 Å². The van der Waals surface area contributed by atoms with E-state index in [1.54, 1.807) is 18.6 Å². The largest absolute Gasteiger partial charge is 0.364 e. The van der Waals surface area contributed by atoms with Crippen molar-refractivity contribution in [3.63, 3.8) is 0 Å². The summed E-state index contributed by atoms with van der Waals surface area (Å²) in [7, 11) is 0. The lowest BCUT2D eigenvalue weighted by atomic mass is 10.1. The SMILES string of the molecule is O=Cc1c[nH]c(Cc2ccncc2)c1. The molecule has 0 aliphatic rings. The molecule has 0 spiro atoms. The zero-order chi connectivity index (χ0) is 9.80. The molecule has 0 amide bonds. The van der Waals surface area contributed by atoms with E-state index in [-0.39, 0.29) is 0 Å². The van der Waals surface area contributed by atoms with Gasteiger partial charge in [0, 0.05) is 36.3 Å². The number of rotatable bonds is 3. The molecule has 14 heavy (non-hydrogen) atoms. The highest BCUT2D eigenvalue weighted by Crippen LogP contribution is 2.07. The van der Waals surface area contributed by atoms with E-state index < -0.39 is 0 Å². The maximum absolute atomic E-state index is 10.4. The monoisotopic (exact) mass is 186 g/mol. The lowest BCUT2D eigenvalue weighted by Crippen LogP contribution is -1.87. The van der Waals surface area contributed by atoms with E-state index in [0.717, 1.165) is 18.4 Å². The number of hydrogen-bond donors (Lipinski definition) is 1. The van der Waals surface area contributed by atoms with Crippen molar-refractivity contribution in [2.24, 2.45) is 0 Å². The van der Waals surface area contributed by atoms with E-state index >= 15 is 0 Å². The minimum atomic E-state index is 0.689. The molecule has 2 aromatic rings. The number of nitrogens with zero attached hydrogens (tertiary/aromatic N) is 1. The van der Waals surface area contributed by atoms with Gasteiger partial charge in [0.1, 0.15) is 0 Å². The summed E-state index contributed by atoms with van der Waals surface area (Å²) in [4.78, 5) is 17.4. The van der Waals surface area contributed by atoms with Gasteiger partial charge in [0.15, 0.2) is 6.29 Å². The van der Waals surface area contributed by atoms with E-state index in [2.05, 4.69) is 9.97 Å². The van der Waals surface area contributed by atoms with Crippen LogP contribution in [0.5, 0.6) is 0 Å². The summed E-state index contributed by atoms with van der Waals surface area (Å²) in [5.74, 6) is 0. The predicted octanol–water partition coefficient (Wildman–Crippen LogP) is 1.81. The first-order chi connectivity index (χ1) is 6.88. The van der Waals surface area contributed by atoms with Crippen LogP contribution in [0.2, 0.25) is 0 Å². The van der Waals surface area contributed by atoms with Crippen molar-refractivity contribution in [2.45, 2.75) is 6.42 Å². The van der Waals surface area contributed by atoms with Crippen LogP contribution in [0.3, 0.4) is 0 Å². The fraction of sp³-hybridized carbons (Fsp3) is 0.0909. The Hall–Kier alpha value is -1.90. The Morgan fingerprint density at radius 1 is 1.36 bits per heavy atom. The summed E-state index contributed by atoms with van der Waals surface area (Å²) < 4.78 is 0. The Morgan fingerprint density at radius 2 is 2.14 bits per heavy atom. The lowest BCUT2D eigenvalue weighted by Gasteiger charge is -1.96. The van der Waals surface area contributed by atoms with E-state index in [4.69, 9.17) is 0 Å². The molecule has 1 N–H and O–H groups in total. The molecule has 3 heteroatoms. The third-order valence-electron chi connectivity index (χ3n) is 2.05. The highest BCUT2D eigenvalue weighted by molar-refractivity contribution is 5.74. The zero-order valence-electron chi connectivity index (χ0n) is 7.60. The Morgan fingerprint density at radius 3 is 2.79 bits per heavy atom. The number of carbonyl (C=O) groups is 1.